The number of benzene rings is 2. The van der Waals surface area contributed by atoms with Crippen molar-refractivity contribution in [2.75, 3.05) is 12.8 Å². The SMILES string of the molecule is COc1ccccc1Sc1cc(O)c(C=Nn2cc(C)nc2N)c(Cl)c1. The third-order valence-electron chi connectivity index (χ3n) is 3.52. The lowest BCUT2D eigenvalue weighted by atomic mass is 10.2. The smallest absolute Gasteiger partial charge is 0.221 e. The monoisotopic (exact) mass is 388 g/mol. The van der Waals surface area contributed by atoms with Crippen LogP contribution in [-0.4, -0.2) is 28.1 Å². The maximum Gasteiger partial charge on any atom is 0.221 e. The zero-order valence-corrected chi connectivity index (χ0v) is 15.8. The molecule has 26 heavy (non-hydrogen) atoms. The summed E-state index contributed by atoms with van der Waals surface area (Å²) in [4.78, 5) is 5.77. The van der Waals surface area contributed by atoms with Gasteiger partial charge in [-0.25, -0.2) is 9.66 Å². The van der Waals surface area contributed by atoms with Gasteiger partial charge in [-0.1, -0.05) is 35.5 Å². The van der Waals surface area contributed by atoms with E-state index in [0.29, 0.717) is 10.6 Å². The van der Waals surface area contributed by atoms with Gasteiger partial charge in [0.1, 0.15) is 11.5 Å². The number of nitrogens with two attached hydrogens (primary N) is 1. The molecule has 3 aromatic rings. The van der Waals surface area contributed by atoms with Crippen LogP contribution in [0.5, 0.6) is 11.5 Å². The third kappa shape index (κ3) is 3.95. The molecule has 3 rings (SSSR count). The summed E-state index contributed by atoms with van der Waals surface area (Å²) in [7, 11) is 1.62. The largest absolute Gasteiger partial charge is 0.507 e. The Morgan fingerprint density at radius 2 is 2.12 bits per heavy atom. The van der Waals surface area contributed by atoms with Gasteiger partial charge in [0, 0.05) is 4.90 Å². The van der Waals surface area contributed by atoms with Crippen molar-refractivity contribution < 1.29 is 9.84 Å². The maximum absolute atomic E-state index is 10.4. The lowest BCUT2D eigenvalue weighted by Crippen LogP contribution is -1.97. The number of methoxy groups -OCH3 is 1. The number of hydrogen-bond acceptors (Lipinski definition) is 6. The zero-order chi connectivity index (χ0) is 18.7. The zero-order valence-electron chi connectivity index (χ0n) is 14.2. The number of aromatic nitrogens is 2. The van der Waals surface area contributed by atoms with Crippen molar-refractivity contribution in [1.29, 1.82) is 0 Å². The first-order chi connectivity index (χ1) is 12.5. The first-order valence-electron chi connectivity index (χ1n) is 7.67. The normalized spacial score (nSPS) is 11.2. The summed E-state index contributed by atoms with van der Waals surface area (Å²) in [5.74, 6) is 1.04. The number of para-hydroxylation sites is 1. The Kier molecular flexibility index (Phi) is 5.39. The van der Waals surface area contributed by atoms with Crippen LogP contribution in [0.25, 0.3) is 0 Å². The standard InChI is InChI=1S/C18H17ClN4O2S/c1-11-10-23(18(20)22-11)21-9-13-14(19)7-12(8-15(13)24)26-17-6-4-3-5-16(17)25-2/h3-10,24H,1-2H3,(H2,20,22). The van der Waals surface area contributed by atoms with E-state index in [9.17, 15) is 5.11 Å². The molecule has 0 spiro atoms. The summed E-state index contributed by atoms with van der Waals surface area (Å²) in [5.41, 5.74) is 6.90. The molecule has 1 heterocycles. The van der Waals surface area contributed by atoms with Crippen molar-refractivity contribution in [1.82, 2.24) is 9.66 Å². The predicted octanol–water partition coefficient (Wildman–Crippen LogP) is 4.17. The first kappa shape index (κ1) is 18.2. The van der Waals surface area contributed by atoms with Gasteiger partial charge < -0.3 is 15.6 Å². The lowest BCUT2D eigenvalue weighted by molar-refractivity contribution is 0.405. The van der Waals surface area contributed by atoms with E-state index in [-0.39, 0.29) is 11.7 Å². The molecule has 0 saturated carbocycles. The Morgan fingerprint density at radius 3 is 2.77 bits per heavy atom. The molecule has 0 bridgehead atoms. The first-order valence-corrected chi connectivity index (χ1v) is 8.86. The van der Waals surface area contributed by atoms with Crippen molar-refractivity contribution in [2.45, 2.75) is 16.7 Å². The summed E-state index contributed by atoms with van der Waals surface area (Å²) in [6.45, 7) is 1.82. The van der Waals surface area contributed by atoms with Crippen molar-refractivity contribution in [3.63, 3.8) is 0 Å². The summed E-state index contributed by atoms with van der Waals surface area (Å²) < 4.78 is 6.76. The second-order valence-electron chi connectivity index (χ2n) is 5.42. The fourth-order valence-electron chi connectivity index (χ4n) is 2.31. The lowest BCUT2D eigenvalue weighted by Gasteiger charge is -2.10. The maximum atomic E-state index is 10.4. The van der Waals surface area contributed by atoms with Crippen LogP contribution >= 0.6 is 23.4 Å². The predicted molar refractivity (Wildman–Crippen MR) is 105 cm³/mol. The Bertz CT molecular complexity index is 949. The molecule has 0 atom stereocenters. The van der Waals surface area contributed by atoms with Crippen LogP contribution < -0.4 is 10.5 Å². The molecule has 0 fully saturated rings. The number of anilines is 1. The van der Waals surface area contributed by atoms with Gasteiger partial charge in [0.25, 0.3) is 0 Å². The number of ether oxygens (including phenoxy) is 1. The van der Waals surface area contributed by atoms with Gasteiger partial charge in [-0.2, -0.15) is 5.10 Å². The average molecular weight is 389 g/mol. The van der Waals surface area contributed by atoms with E-state index < -0.39 is 0 Å². The van der Waals surface area contributed by atoms with E-state index in [2.05, 4.69) is 10.1 Å². The number of phenols is 1. The quantitative estimate of drug-likeness (QED) is 0.640. The molecule has 0 amide bonds. The van der Waals surface area contributed by atoms with Crippen molar-refractivity contribution in [3.05, 3.63) is 58.9 Å². The van der Waals surface area contributed by atoms with Crippen molar-refractivity contribution in [2.24, 2.45) is 5.10 Å². The average Bonchev–Trinajstić information content (AvgIpc) is 2.92. The molecule has 134 valence electrons. The summed E-state index contributed by atoms with van der Waals surface area (Å²) in [5, 5.41) is 14.9. The van der Waals surface area contributed by atoms with Crippen LogP contribution in [0.2, 0.25) is 5.02 Å². The van der Waals surface area contributed by atoms with Gasteiger partial charge in [0.05, 0.1) is 40.7 Å². The van der Waals surface area contributed by atoms with Crippen LogP contribution in [0.4, 0.5) is 5.95 Å². The molecular weight excluding hydrogens is 372 g/mol. The molecule has 8 heteroatoms. The van der Waals surface area contributed by atoms with E-state index in [0.717, 1.165) is 21.2 Å². The van der Waals surface area contributed by atoms with E-state index in [4.69, 9.17) is 22.1 Å². The molecule has 2 aromatic carbocycles. The van der Waals surface area contributed by atoms with Gasteiger partial charge >= 0.3 is 0 Å². The molecule has 0 unspecified atom stereocenters. The number of halogens is 1. The Hall–Kier alpha value is -2.64. The minimum atomic E-state index is 0.0223. The molecular formula is C18H17ClN4O2S. The Labute approximate surface area is 160 Å². The van der Waals surface area contributed by atoms with E-state index in [1.54, 1.807) is 25.4 Å². The highest BCUT2D eigenvalue weighted by Crippen LogP contribution is 2.38. The van der Waals surface area contributed by atoms with E-state index >= 15 is 0 Å². The molecule has 0 aliphatic carbocycles. The van der Waals surface area contributed by atoms with Crippen molar-refractivity contribution >= 4 is 35.5 Å². The molecule has 0 saturated heterocycles. The van der Waals surface area contributed by atoms with Crippen LogP contribution in [0, 0.1) is 6.92 Å². The number of nitrogen functional groups attached to an aromatic ring is 1. The van der Waals surface area contributed by atoms with Crippen LogP contribution in [-0.2, 0) is 0 Å². The number of aryl methyl sites for hydroxylation is 1. The molecule has 0 aliphatic rings. The second kappa shape index (κ2) is 7.72. The van der Waals surface area contributed by atoms with Crippen molar-refractivity contribution in [3.8, 4) is 11.5 Å². The highest BCUT2D eigenvalue weighted by atomic mass is 35.5. The van der Waals surface area contributed by atoms with Crippen LogP contribution in [0.3, 0.4) is 0 Å². The van der Waals surface area contributed by atoms with E-state index in [1.165, 1.54) is 22.7 Å². The summed E-state index contributed by atoms with van der Waals surface area (Å²) >= 11 is 7.78. The number of imidazole rings is 1. The van der Waals surface area contributed by atoms with E-state index in [1.807, 2.05) is 31.2 Å². The summed E-state index contributed by atoms with van der Waals surface area (Å²) in [6, 6.07) is 11.0. The Balaban J connectivity index is 1.88. The highest BCUT2D eigenvalue weighted by molar-refractivity contribution is 7.99. The molecule has 6 nitrogen and oxygen atoms in total. The molecule has 0 radical (unpaired) electrons. The number of phenolic OH excluding ortho intramolecular Hbond substituents is 1. The molecule has 3 N–H and O–H groups in total. The molecule has 1 aromatic heterocycles. The fraction of sp³-hybridized carbons (Fsp3) is 0.111. The van der Waals surface area contributed by atoms with Crippen LogP contribution in [0.15, 0.2) is 57.5 Å². The minimum absolute atomic E-state index is 0.0223. The number of aromatic hydroxyl groups is 1. The number of rotatable bonds is 5. The van der Waals surface area contributed by atoms with Gasteiger partial charge in [-0.3, -0.25) is 0 Å². The minimum Gasteiger partial charge on any atom is -0.507 e. The van der Waals surface area contributed by atoms with Gasteiger partial charge in [0.15, 0.2) is 0 Å². The van der Waals surface area contributed by atoms with Gasteiger partial charge in [0.2, 0.25) is 5.95 Å². The summed E-state index contributed by atoms with van der Waals surface area (Å²) in [6.07, 6.45) is 3.13. The Morgan fingerprint density at radius 1 is 1.35 bits per heavy atom. The second-order valence-corrected chi connectivity index (χ2v) is 6.94. The highest BCUT2D eigenvalue weighted by Gasteiger charge is 2.11. The van der Waals surface area contributed by atoms with Gasteiger partial charge in [-0.05, 0) is 31.2 Å². The van der Waals surface area contributed by atoms with Gasteiger partial charge in [-0.15, -0.1) is 0 Å². The van der Waals surface area contributed by atoms with Crippen LogP contribution in [0.1, 0.15) is 11.3 Å². The topological polar surface area (TPSA) is 85.7 Å². The number of nitrogens with zero attached hydrogens (tertiary/aromatic N) is 3. The fourth-order valence-corrected chi connectivity index (χ4v) is 3.64. The molecule has 0 aliphatic heterocycles. The number of hydrogen-bond donors (Lipinski definition) is 2. The third-order valence-corrected chi connectivity index (χ3v) is 4.87.